The lowest BCUT2D eigenvalue weighted by atomic mass is 10.1. The molecule has 2 aromatic carbocycles. The number of nitrogens with zero attached hydrogens (tertiary/aromatic N) is 2. The van der Waals surface area contributed by atoms with Gasteiger partial charge in [-0.15, -0.1) is 0 Å². The summed E-state index contributed by atoms with van der Waals surface area (Å²) in [7, 11) is 0. The smallest absolute Gasteiger partial charge is 0.335 e. The molecule has 0 aliphatic heterocycles. The van der Waals surface area contributed by atoms with E-state index in [9.17, 15) is 4.79 Å². The maximum absolute atomic E-state index is 10.9. The number of thioether (sulfide) groups is 1. The number of hydrogen-bond acceptors (Lipinski definition) is 3. The number of rotatable bonds is 6. The number of fused-ring (bicyclic) bond motifs is 1. The number of carboxylic acids is 1. The molecule has 0 bridgehead atoms. The fourth-order valence-corrected chi connectivity index (χ4v) is 3.58. The van der Waals surface area contributed by atoms with Crippen molar-refractivity contribution in [2.45, 2.75) is 31.3 Å². The molecular formula is C19H20N2O2S. The van der Waals surface area contributed by atoms with E-state index in [0.717, 1.165) is 34.1 Å². The lowest BCUT2D eigenvalue weighted by Crippen LogP contribution is -2.05. The minimum atomic E-state index is -0.895. The second-order valence-corrected chi connectivity index (χ2v) is 7.12. The van der Waals surface area contributed by atoms with Crippen molar-refractivity contribution in [3.05, 3.63) is 59.7 Å². The number of carboxylic acid groups (broad SMARTS) is 1. The Morgan fingerprint density at radius 1 is 1.17 bits per heavy atom. The first kappa shape index (κ1) is 16.6. The van der Waals surface area contributed by atoms with Gasteiger partial charge < -0.3 is 9.67 Å². The van der Waals surface area contributed by atoms with Crippen molar-refractivity contribution in [3.63, 3.8) is 0 Å². The van der Waals surface area contributed by atoms with Crippen molar-refractivity contribution >= 4 is 28.8 Å². The third-order valence-corrected chi connectivity index (χ3v) is 4.78. The van der Waals surface area contributed by atoms with E-state index >= 15 is 0 Å². The van der Waals surface area contributed by atoms with Gasteiger partial charge in [0.15, 0.2) is 5.16 Å². The molecule has 1 N–H and O–H groups in total. The van der Waals surface area contributed by atoms with Crippen LogP contribution in [-0.4, -0.2) is 20.6 Å². The molecule has 3 aromatic rings. The number of benzene rings is 2. The molecule has 4 nitrogen and oxygen atoms in total. The van der Waals surface area contributed by atoms with E-state index in [4.69, 9.17) is 10.1 Å². The third-order valence-electron chi connectivity index (χ3n) is 3.74. The highest BCUT2D eigenvalue weighted by atomic mass is 32.2. The zero-order valence-corrected chi connectivity index (χ0v) is 14.6. The van der Waals surface area contributed by atoms with Crippen molar-refractivity contribution in [1.82, 2.24) is 9.55 Å². The molecule has 0 spiro atoms. The maximum atomic E-state index is 10.9. The summed E-state index contributed by atoms with van der Waals surface area (Å²) in [6.07, 6.45) is 0. The Hall–Kier alpha value is -2.27. The molecule has 1 aromatic heterocycles. The highest BCUT2D eigenvalue weighted by molar-refractivity contribution is 7.98. The molecule has 0 amide bonds. The lowest BCUT2D eigenvalue weighted by molar-refractivity contribution is 0.0697. The Kier molecular flexibility index (Phi) is 4.90. The minimum Gasteiger partial charge on any atom is -0.478 e. The van der Waals surface area contributed by atoms with Gasteiger partial charge in [-0.1, -0.05) is 49.9 Å². The van der Waals surface area contributed by atoms with Crippen LogP contribution in [0, 0.1) is 5.92 Å². The fraction of sp³-hybridized carbons (Fsp3) is 0.263. The van der Waals surface area contributed by atoms with Crippen molar-refractivity contribution in [1.29, 1.82) is 0 Å². The number of aromatic carboxylic acids is 1. The predicted octanol–water partition coefficient (Wildman–Crippen LogP) is 4.68. The molecule has 1 heterocycles. The van der Waals surface area contributed by atoms with Crippen LogP contribution in [0.15, 0.2) is 53.7 Å². The quantitative estimate of drug-likeness (QED) is 0.662. The summed E-state index contributed by atoms with van der Waals surface area (Å²) >= 11 is 1.69. The monoisotopic (exact) mass is 340 g/mol. The Morgan fingerprint density at radius 3 is 2.54 bits per heavy atom. The van der Waals surface area contributed by atoms with Gasteiger partial charge in [0.1, 0.15) is 0 Å². The Bertz CT molecular complexity index is 853. The summed E-state index contributed by atoms with van der Waals surface area (Å²) in [5, 5.41) is 9.97. The summed E-state index contributed by atoms with van der Waals surface area (Å²) in [4.78, 5) is 15.7. The van der Waals surface area contributed by atoms with Gasteiger partial charge in [-0.05, 0) is 35.7 Å². The molecule has 0 atom stereocenters. The first-order valence-corrected chi connectivity index (χ1v) is 8.93. The molecule has 24 heavy (non-hydrogen) atoms. The highest BCUT2D eigenvalue weighted by Gasteiger charge is 2.12. The minimum absolute atomic E-state index is 0.316. The van der Waals surface area contributed by atoms with E-state index in [1.165, 1.54) is 0 Å². The van der Waals surface area contributed by atoms with Gasteiger partial charge in [0.2, 0.25) is 0 Å². The van der Waals surface area contributed by atoms with Crippen molar-refractivity contribution in [2.24, 2.45) is 5.92 Å². The number of aromatic nitrogens is 2. The molecule has 0 fully saturated rings. The van der Waals surface area contributed by atoms with Crippen LogP contribution in [0.4, 0.5) is 0 Å². The van der Waals surface area contributed by atoms with Crippen LogP contribution in [0.25, 0.3) is 11.0 Å². The van der Waals surface area contributed by atoms with Gasteiger partial charge in [0, 0.05) is 12.3 Å². The molecule has 124 valence electrons. The number of hydrogen-bond donors (Lipinski definition) is 1. The van der Waals surface area contributed by atoms with E-state index in [0.29, 0.717) is 11.5 Å². The van der Waals surface area contributed by atoms with Gasteiger partial charge in [0.05, 0.1) is 16.6 Å². The Balaban J connectivity index is 1.82. The summed E-state index contributed by atoms with van der Waals surface area (Å²) in [6, 6.07) is 15.2. The van der Waals surface area contributed by atoms with Crippen LogP contribution in [0.2, 0.25) is 0 Å². The van der Waals surface area contributed by atoms with Gasteiger partial charge in [-0.25, -0.2) is 9.78 Å². The van der Waals surface area contributed by atoms with Gasteiger partial charge in [0.25, 0.3) is 0 Å². The van der Waals surface area contributed by atoms with Crippen LogP contribution >= 0.6 is 11.8 Å². The van der Waals surface area contributed by atoms with E-state index in [1.54, 1.807) is 23.9 Å². The molecule has 0 unspecified atom stereocenters. The van der Waals surface area contributed by atoms with E-state index in [2.05, 4.69) is 24.5 Å². The lowest BCUT2D eigenvalue weighted by Gasteiger charge is -2.11. The van der Waals surface area contributed by atoms with Crippen molar-refractivity contribution in [2.75, 3.05) is 0 Å². The molecule has 5 heteroatoms. The SMILES string of the molecule is CC(C)Cn1c(SCc2ccc(C(=O)O)cc2)nc2ccccc21. The molecule has 3 rings (SSSR count). The first-order chi connectivity index (χ1) is 11.5. The zero-order valence-electron chi connectivity index (χ0n) is 13.8. The van der Waals surface area contributed by atoms with Crippen LogP contribution in [0.5, 0.6) is 0 Å². The number of para-hydroxylation sites is 2. The Labute approximate surface area is 145 Å². The Morgan fingerprint density at radius 2 is 1.88 bits per heavy atom. The number of imidazole rings is 1. The molecule has 0 saturated heterocycles. The first-order valence-electron chi connectivity index (χ1n) is 7.95. The van der Waals surface area contributed by atoms with Crippen LogP contribution in [0.1, 0.15) is 29.8 Å². The summed E-state index contributed by atoms with van der Waals surface area (Å²) < 4.78 is 2.27. The largest absolute Gasteiger partial charge is 0.478 e. The van der Waals surface area contributed by atoms with Crippen LogP contribution < -0.4 is 0 Å². The third kappa shape index (κ3) is 3.62. The summed E-state index contributed by atoms with van der Waals surface area (Å²) in [6.45, 7) is 5.34. The second-order valence-electron chi connectivity index (χ2n) is 6.18. The predicted molar refractivity (Wildman–Crippen MR) is 97.5 cm³/mol. The summed E-state index contributed by atoms with van der Waals surface area (Å²) in [5.41, 5.74) is 3.58. The standard InChI is InChI=1S/C19H20N2O2S/c1-13(2)11-21-17-6-4-3-5-16(17)20-19(21)24-12-14-7-9-15(10-8-14)18(22)23/h3-10,13H,11-12H2,1-2H3,(H,22,23). The van der Waals surface area contributed by atoms with Crippen molar-refractivity contribution < 1.29 is 9.90 Å². The van der Waals surface area contributed by atoms with Gasteiger partial charge >= 0.3 is 5.97 Å². The summed E-state index contributed by atoms with van der Waals surface area (Å²) in [5.74, 6) is 0.408. The average Bonchev–Trinajstić information content (AvgIpc) is 2.90. The molecule has 0 radical (unpaired) electrons. The molecule has 0 saturated carbocycles. The van der Waals surface area contributed by atoms with Crippen LogP contribution in [0.3, 0.4) is 0 Å². The van der Waals surface area contributed by atoms with E-state index in [1.807, 2.05) is 30.3 Å². The maximum Gasteiger partial charge on any atom is 0.335 e. The van der Waals surface area contributed by atoms with Gasteiger partial charge in [-0.3, -0.25) is 0 Å². The molecular weight excluding hydrogens is 320 g/mol. The molecule has 0 aliphatic carbocycles. The average molecular weight is 340 g/mol. The second kappa shape index (κ2) is 7.09. The number of carbonyl (C=O) groups is 1. The van der Waals surface area contributed by atoms with Crippen molar-refractivity contribution in [3.8, 4) is 0 Å². The normalized spacial score (nSPS) is 11.3. The topological polar surface area (TPSA) is 55.1 Å². The molecule has 0 aliphatic rings. The van der Waals surface area contributed by atoms with E-state index < -0.39 is 5.97 Å². The highest BCUT2D eigenvalue weighted by Crippen LogP contribution is 2.27. The zero-order chi connectivity index (χ0) is 17.1. The van der Waals surface area contributed by atoms with Crippen LogP contribution in [-0.2, 0) is 12.3 Å². The van der Waals surface area contributed by atoms with Gasteiger partial charge in [-0.2, -0.15) is 0 Å². The van der Waals surface area contributed by atoms with E-state index in [-0.39, 0.29) is 0 Å². The fourth-order valence-electron chi connectivity index (χ4n) is 2.60.